The van der Waals surface area contributed by atoms with E-state index in [0.29, 0.717) is 0 Å². The van der Waals surface area contributed by atoms with Crippen LogP contribution in [0.5, 0.6) is 0 Å². The van der Waals surface area contributed by atoms with Crippen LogP contribution >= 0.6 is 0 Å². The number of benzene rings is 3. The van der Waals surface area contributed by atoms with Gasteiger partial charge in [-0.15, -0.1) is 0 Å². The molecule has 4 rings (SSSR count). The zero-order chi connectivity index (χ0) is 14.8. The van der Waals surface area contributed by atoms with E-state index in [1.54, 1.807) is 0 Å². The van der Waals surface area contributed by atoms with Crippen molar-refractivity contribution >= 4 is 22.8 Å². The lowest BCUT2D eigenvalue weighted by Gasteiger charge is -2.05. The molecule has 0 N–H and O–H groups in total. The van der Waals surface area contributed by atoms with Gasteiger partial charge in [-0.2, -0.15) is 0 Å². The molecule has 1 aliphatic heterocycles. The molecule has 0 saturated carbocycles. The van der Waals surface area contributed by atoms with Crippen molar-refractivity contribution in [3.63, 3.8) is 0 Å². The second-order valence-corrected chi connectivity index (χ2v) is 5.14. The zero-order valence-corrected chi connectivity index (χ0v) is 12.0. The molecule has 0 amide bonds. The van der Waals surface area contributed by atoms with E-state index in [4.69, 9.17) is 9.98 Å². The third-order valence-electron chi connectivity index (χ3n) is 3.66. The molecule has 1 heterocycles. The molecular formula is C20H14N2. The summed E-state index contributed by atoms with van der Waals surface area (Å²) in [4.78, 5) is 9.63. The SMILES string of the molecule is c1ccc(N=C2C(c3ccccc3)=Nc3ccccc32)cc1. The van der Waals surface area contributed by atoms with E-state index in [2.05, 4.69) is 18.2 Å². The molecule has 2 heteroatoms. The molecule has 0 atom stereocenters. The van der Waals surface area contributed by atoms with Crippen LogP contribution in [0.4, 0.5) is 11.4 Å². The number of para-hydroxylation sites is 2. The van der Waals surface area contributed by atoms with Gasteiger partial charge in [-0.25, -0.2) is 9.98 Å². The highest BCUT2D eigenvalue weighted by Crippen LogP contribution is 2.30. The summed E-state index contributed by atoms with van der Waals surface area (Å²) in [5.74, 6) is 0. The maximum absolute atomic E-state index is 4.84. The van der Waals surface area contributed by atoms with Crippen LogP contribution in [-0.2, 0) is 0 Å². The molecule has 104 valence electrons. The minimum atomic E-state index is 0.936. The standard InChI is InChI=1S/C20H14N2/c1-3-9-15(10-4-1)19-20(21-16-11-5-2-6-12-16)17-13-7-8-14-18(17)22-19/h1-14H. The van der Waals surface area contributed by atoms with Gasteiger partial charge in [0.25, 0.3) is 0 Å². The van der Waals surface area contributed by atoms with Gasteiger partial charge in [0.15, 0.2) is 0 Å². The predicted molar refractivity (Wildman–Crippen MR) is 91.7 cm³/mol. The summed E-state index contributed by atoms with van der Waals surface area (Å²) >= 11 is 0. The van der Waals surface area contributed by atoms with Gasteiger partial charge in [0.1, 0.15) is 0 Å². The van der Waals surface area contributed by atoms with Gasteiger partial charge < -0.3 is 0 Å². The highest BCUT2D eigenvalue weighted by molar-refractivity contribution is 6.57. The first-order chi connectivity index (χ1) is 10.9. The maximum Gasteiger partial charge on any atom is 0.0993 e. The second kappa shape index (κ2) is 5.41. The Hall–Kier alpha value is -3.00. The Labute approximate surface area is 129 Å². The lowest BCUT2D eigenvalue weighted by Crippen LogP contribution is -2.12. The van der Waals surface area contributed by atoms with Gasteiger partial charge in [0.2, 0.25) is 0 Å². The Balaban J connectivity index is 1.89. The molecule has 22 heavy (non-hydrogen) atoms. The molecule has 3 aromatic carbocycles. The van der Waals surface area contributed by atoms with Crippen LogP contribution in [0.15, 0.2) is 94.9 Å². The Morgan fingerprint density at radius 1 is 0.636 bits per heavy atom. The first-order valence-corrected chi connectivity index (χ1v) is 7.29. The normalized spacial score (nSPS) is 14.7. The molecule has 0 fully saturated rings. The summed E-state index contributed by atoms with van der Waals surface area (Å²) in [7, 11) is 0. The van der Waals surface area contributed by atoms with Crippen molar-refractivity contribution in [3.8, 4) is 0 Å². The molecule has 0 unspecified atom stereocenters. The predicted octanol–water partition coefficient (Wildman–Crippen LogP) is 4.94. The molecule has 0 aromatic heterocycles. The van der Waals surface area contributed by atoms with Gasteiger partial charge in [-0.1, -0.05) is 66.7 Å². The van der Waals surface area contributed by atoms with E-state index in [9.17, 15) is 0 Å². The fourth-order valence-corrected chi connectivity index (χ4v) is 2.61. The quantitative estimate of drug-likeness (QED) is 0.636. The fourth-order valence-electron chi connectivity index (χ4n) is 2.61. The van der Waals surface area contributed by atoms with Crippen molar-refractivity contribution in [2.45, 2.75) is 0 Å². The molecule has 1 aliphatic rings. The van der Waals surface area contributed by atoms with E-state index in [1.165, 1.54) is 0 Å². The van der Waals surface area contributed by atoms with E-state index in [-0.39, 0.29) is 0 Å². The van der Waals surface area contributed by atoms with Crippen LogP contribution in [0, 0.1) is 0 Å². The summed E-state index contributed by atoms with van der Waals surface area (Å²) in [5, 5.41) is 0. The van der Waals surface area contributed by atoms with Crippen molar-refractivity contribution < 1.29 is 0 Å². The van der Waals surface area contributed by atoms with Crippen molar-refractivity contribution in [1.29, 1.82) is 0 Å². The van der Waals surface area contributed by atoms with Gasteiger partial charge in [-0.3, -0.25) is 0 Å². The third kappa shape index (κ3) is 2.25. The smallest absolute Gasteiger partial charge is 0.0993 e. The largest absolute Gasteiger partial charge is 0.246 e. The fraction of sp³-hybridized carbons (Fsp3) is 0. The topological polar surface area (TPSA) is 24.7 Å². The van der Waals surface area contributed by atoms with Crippen molar-refractivity contribution in [3.05, 3.63) is 96.1 Å². The number of rotatable bonds is 2. The monoisotopic (exact) mass is 282 g/mol. The Kier molecular flexibility index (Phi) is 3.13. The summed E-state index contributed by atoms with van der Waals surface area (Å²) < 4.78 is 0. The van der Waals surface area contributed by atoms with Crippen LogP contribution in [0.1, 0.15) is 11.1 Å². The molecule has 0 aliphatic carbocycles. The number of hydrogen-bond acceptors (Lipinski definition) is 2. The van der Waals surface area contributed by atoms with E-state index >= 15 is 0 Å². The van der Waals surface area contributed by atoms with E-state index < -0.39 is 0 Å². The molecule has 2 nitrogen and oxygen atoms in total. The van der Waals surface area contributed by atoms with Crippen LogP contribution in [0.3, 0.4) is 0 Å². The second-order valence-electron chi connectivity index (χ2n) is 5.14. The summed E-state index contributed by atoms with van der Waals surface area (Å²) in [6.45, 7) is 0. The van der Waals surface area contributed by atoms with Crippen molar-refractivity contribution in [2.75, 3.05) is 0 Å². The minimum Gasteiger partial charge on any atom is -0.246 e. The van der Waals surface area contributed by atoms with Crippen molar-refractivity contribution in [1.82, 2.24) is 0 Å². The molecule has 0 radical (unpaired) electrons. The summed E-state index contributed by atoms with van der Waals surface area (Å²) in [5.41, 5.74) is 5.98. The highest BCUT2D eigenvalue weighted by Gasteiger charge is 2.23. The van der Waals surface area contributed by atoms with Crippen LogP contribution in [0.2, 0.25) is 0 Å². The van der Waals surface area contributed by atoms with Crippen LogP contribution < -0.4 is 0 Å². The maximum atomic E-state index is 4.84. The number of fused-ring (bicyclic) bond motifs is 1. The molecule has 0 spiro atoms. The van der Waals surface area contributed by atoms with E-state index in [1.807, 2.05) is 66.7 Å². The number of nitrogens with zero attached hydrogens (tertiary/aromatic N) is 2. The number of aliphatic imine (C=N–C) groups is 2. The number of hydrogen-bond donors (Lipinski definition) is 0. The Morgan fingerprint density at radius 3 is 2.05 bits per heavy atom. The minimum absolute atomic E-state index is 0.936. The van der Waals surface area contributed by atoms with Gasteiger partial charge in [0.05, 0.1) is 22.8 Å². The lowest BCUT2D eigenvalue weighted by atomic mass is 10.0. The third-order valence-corrected chi connectivity index (χ3v) is 3.66. The average molecular weight is 282 g/mol. The first-order valence-electron chi connectivity index (χ1n) is 7.29. The van der Waals surface area contributed by atoms with Gasteiger partial charge in [0, 0.05) is 11.1 Å². The summed E-state index contributed by atoms with van der Waals surface area (Å²) in [6, 6.07) is 28.4. The zero-order valence-electron chi connectivity index (χ0n) is 12.0. The molecule has 0 saturated heterocycles. The molecule has 3 aromatic rings. The molecule has 0 bridgehead atoms. The van der Waals surface area contributed by atoms with Gasteiger partial charge >= 0.3 is 0 Å². The van der Waals surface area contributed by atoms with Crippen LogP contribution in [0.25, 0.3) is 0 Å². The van der Waals surface area contributed by atoms with Crippen LogP contribution in [-0.4, -0.2) is 11.4 Å². The first kappa shape index (κ1) is 12.7. The summed E-state index contributed by atoms with van der Waals surface area (Å²) in [6.07, 6.45) is 0. The van der Waals surface area contributed by atoms with Gasteiger partial charge in [-0.05, 0) is 18.2 Å². The lowest BCUT2D eigenvalue weighted by molar-refractivity contribution is 1.51. The van der Waals surface area contributed by atoms with Crippen molar-refractivity contribution in [2.24, 2.45) is 9.98 Å². The highest BCUT2D eigenvalue weighted by atomic mass is 14.9. The average Bonchev–Trinajstić information content (AvgIpc) is 2.95. The Bertz CT molecular complexity index is 862. The molecular weight excluding hydrogens is 268 g/mol. The van der Waals surface area contributed by atoms with E-state index in [0.717, 1.165) is 33.9 Å². The Morgan fingerprint density at radius 2 is 1.27 bits per heavy atom.